The van der Waals surface area contributed by atoms with Crippen molar-refractivity contribution in [3.63, 3.8) is 0 Å². The Morgan fingerprint density at radius 3 is 2.46 bits per heavy atom. The van der Waals surface area contributed by atoms with Gasteiger partial charge < -0.3 is 14.6 Å². The zero-order valence-electron chi connectivity index (χ0n) is 14.6. The highest BCUT2D eigenvalue weighted by Crippen LogP contribution is 2.14. The molecule has 0 spiro atoms. The maximum absolute atomic E-state index is 12.8. The number of piperidine rings is 1. The van der Waals surface area contributed by atoms with E-state index in [1.54, 1.807) is 29.2 Å². The van der Waals surface area contributed by atoms with E-state index >= 15 is 0 Å². The third kappa shape index (κ3) is 4.96. The minimum absolute atomic E-state index is 0.178. The fraction of sp³-hybridized carbons (Fsp3) is 0.238. The molecule has 2 heterocycles. The van der Waals surface area contributed by atoms with Crippen molar-refractivity contribution >= 4 is 24.0 Å². The summed E-state index contributed by atoms with van der Waals surface area (Å²) in [5, 5.41) is 2.71. The van der Waals surface area contributed by atoms with Gasteiger partial charge in [-0.2, -0.15) is 0 Å². The monoisotopic (exact) mass is 350 g/mol. The van der Waals surface area contributed by atoms with E-state index < -0.39 is 0 Å². The summed E-state index contributed by atoms with van der Waals surface area (Å²) in [5.74, 6) is -0.00252. The van der Waals surface area contributed by atoms with Crippen LogP contribution in [0.1, 0.15) is 30.6 Å². The van der Waals surface area contributed by atoms with Gasteiger partial charge >= 0.3 is 0 Å². The minimum atomic E-state index is -0.350. The summed E-state index contributed by atoms with van der Waals surface area (Å²) in [5.41, 5.74) is 1.14. The first-order chi connectivity index (χ1) is 12.7. The number of hydrogen-bond acceptors (Lipinski definition) is 3. The SMILES string of the molecule is O=C(/C=C/c1ccccc1)N/C(=C/c1ccco1)C(=O)N1CCCCC1. The second kappa shape index (κ2) is 8.85. The van der Waals surface area contributed by atoms with Crippen molar-refractivity contribution in [3.8, 4) is 0 Å². The number of carbonyl (C=O) groups excluding carboxylic acids is 2. The molecule has 0 atom stereocenters. The van der Waals surface area contributed by atoms with Crippen molar-refractivity contribution in [2.24, 2.45) is 0 Å². The molecule has 0 saturated carbocycles. The average molecular weight is 350 g/mol. The van der Waals surface area contributed by atoms with Crippen LogP contribution in [0.25, 0.3) is 12.2 Å². The van der Waals surface area contributed by atoms with Gasteiger partial charge in [0.2, 0.25) is 5.91 Å². The molecule has 134 valence electrons. The topological polar surface area (TPSA) is 62.6 Å². The van der Waals surface area contributed by atoms with Crippen LogP contribution >= 0.6 is 0 Å². The number of nitrogens with zero attached hydrogens (tertiary/aromatic N) is 1. The van der Waals surface area contributed by atoms with Crippen molar-refractivity contribution < 1.29 is 14.0 Å². The maximum atomic E-state index is 12.8. The van der Waals surface area contributed by atoms with Gasteiger partial charge in [-0.15, -0.1) is 0 Å². The molecule has 0 bridgehead atoms. The van der Waals surface area contributed by atoms with E-state index in [2.05, 4.69) is 5.32 Å². The molecule has 26 heavy (non-hydrogen) atoms. The van der Waals surface area contributed by atoms with Gasteiger partial charge in [0.1, 0.15) is 11.5 Å². The average Bonchev–Trinajstić information content (AvgIpc) is 3.20. The van der Waals surface area contributed by atoms with E-state index in [1.165, 1.54) is 12.3 Å². The first-order valence-corrected chi connectivity index (χ1v) is 8.81. The summed E-state index contributed by atoms with van der Waals surface area (Å²) in [6, 6.07) is 13.0. The molecule has 3 rings (SSSR count). The molecule has 1 aromatic heterocycles. The Morgan fingerprint density at radius 1 is 1.00 bits per heavy atom. The molecule has 0 radical (unpaired) electrons. The lowest BCUT2D eigenvalue weighted by atomic mass is 10.1. The van der Waals surface area contributed by atoms with E-state index in [-0.39, 0.29) is 17.5 Å². The Balaban J connectivity index is 1.74. The Bertz CT molecular complexity index is 786. The lowest BCUT2D eigenvalue weighted by molar-refractivity contribution is -0.129. The molecular weight excluding hydrogens is 328 g/mol. The van der Waals surface area contributed by atoms with Gasteiger partial charge in [-0.25, -0.2) is 0 Å². The molecule has 1 aliphatic heterocycles. The van der Waals surface area contributed by atoms with Gasteiger partial charge in [0.25, 0.3) is 5.91 Å². The summed E-state index contributed by atoms with van der Waals surface area (Å²) >= 11 is 0. The van der Waals surface area contributed by atoms with Gasteiger partial charge in [0, 0.05) is 25.2 Å². The summed E-state index contributed by atoms with van der Waals surface area (Å²) < 4.78 is 5.30. The van der Waals surface area contributed by atoms with E-state index in [0.29, 0.717) is 18.8 Å². The number of rotatable bonds is 5. The molecule has 2 aromatic rings. The summed E-state index contributed by atoms with van der Waals surface area (Å²) in [6.45, 7) is 1.42. The highest BCUT2D eigenvalue weighted by atomic mass is 16.3. The molecule has 5 heteroatoms. The third-order valence-corrected chi connectivity index (χ3v) is 4.19. The van der Waals surface area contributed by atoms with Gasteiger partial charge in [0.15, 0.2) is 0 Å². The van der Waals surface area contributed by atoms with Crippen LogP contribution in [0.2, 0.25) is 0 Å². The van der Waals surface area contributed by atoms with E-state index in [4.69, 9.17) is 4.42 Å². The van der Waals surface area contributed by atoms with E-state index in [1.807, 2.05) is 30.3 Å². The van der Waals surface area contributed by atoms with Gasteiger partial charge in [-0.3, -0.25) is 9.59 Å². The van der Waals surface area contributed by atoms with Crippen molar-refractivity contribution in [1.82, 2.24) is 10.2 Å². The molecule has 1 fully saturated rings. The Morgan fingerprint density at radius 2 is 1.77 bits per heavy atom. The standard InChI is InChI=1S/C21H22N2O3/c24-20(12-11-17-8-3-1-4-9-17)22-19(16-18-10-7-15-26-18)21(25)23-13-5-2-6-14-23/h1,3-4,7-12,15-16H,2,5-6,13-14H2,(H,22,24)/b12-11+,19-16+. The molecule has 2 amide bonds. The first kappa shape index (κ1) is 17.7. The molecular formula is C21H22N2O3. The highest BCUT2D eigenvalue weighted by Gasteiger charge is 2.21. The molecule has 1 aliphatic rings. The molecule has 0 unspecified atom stereocenters. The van der Waals surface area contributed by atoms with Gasteiger partial charge in [-0.1, -0.05) is 30.3 Å². The summed E-state index contributed by atoms with van der Waals surface area (Å²) in [6.07, 6.45) is 9.35. The summed E-state index contributed by atoms with van der Waals surface area (Å²) in [7, 11) is 0. The number of furan rings is 1. The number of benzene rings is 1. The fourth-order valence-electron chi connectivity index (χ4n) is 2.84. The number of amides is 2. The second-order valence-electron chi connectivity index (χ2n) is 6.16. The number of carbonyl (C=O) groups is 2. The second-order valence-corrected chi connectivity index (χ2v) is 6.16. The number of hydrogen-bond donors (Lipinski definition) is 1. The van der Waals surface area contributed by atoms with Crippen LogP contribution in [0, 0.1) is 0 Å². The molecule has 5 nitrogen and oxygen atoms in total. The van der Waals surface area contributed by atoms with E-state index in [0.717, 1.165) is 24.8 Å². The molecule has 0 aliphatic carbocycles. The number of likely N-dealkylation sites (tertiary alicyclic amines) is 1. The van der Waals surface area contributed by atoms with Crippen LogP contribution < -0.4 is 5.32 Å². The van der Waals surface area contributed by atoms with Crippen molar-refractivity contribution in [3.05, 3.63) is 71.8 Å². The van der Waals surface area contributed by atoms with Crippen LogP contribution in [0.5, 0.6) is 0 Å². The maximum Gasteiger partial charge on any atom is 0.270 e. The Hall–Kier alpha value is -3.08. The Kier molecular flexibility index (Phi) is 6.04. The zero-order chi connectivity index (χ0) is 18.2. The van der Waals surface area contributed by atoms with E-state index in [9.17, 15) is 9.59 Å². The number of nitrogens with one attached hydrogen (secondary N) is 1. The van der Waals surface area contributed by atoms with Crippen LogP contribution in [0.15, 0.2) is 64.9 Å². The molecule has 1 saturated heterocycles. The van der Waals surface area contributed by atoms with Crippen LogP contribution in [0.3, 0.4) is 0 Å². The lowest BCUT2D eigenvalue weighted by Gasteiger charge is -2.27. The predicted molar refractivity (Wildman–Crippen MR) is 101 cm³/mol. The quantitative estimate of drug-likeness (QED) is 0.840. The van der Waals surface area contributed by atoms with Crippen LogP contribution in [-0.4, -0.2) is 29.8 Å². The highest BCUT2D eigenvalue weighted by molar-refractivity contribution is 6.04. The molecule has 1 aromatic carbocycles. The fourth-order valence-corrected chi connectivity index (χ4v) is 2.84. The van der Waals surface area contributed by atoms with Crippen LogP contribution in [-0.2, 0) is 9.59 Å². The Labute approximate surface area is 153 Å². The van der Waals surface area contributed by atoms with Gasteiger partial charge in [-0.05, 0) is 43.0 Å². The lowest BCUT2D eigenvalue weighted by Crippen LogP contribution is -2.40. The molecule has 1 N–H and O–H groups in total. The smallest absolute Gasteiger partial charge is 0.270 e. The zero-order valence-corrected chi connectivity index (χ0v) is 14.6. The predicted octanol–water partition coefficient (Wildman–Crippen LogP) is 3.46. The first-order valence-electron chi connectivity index (χ1n) is 8.81. The van der Waals surface area contributed by atoms with Gasteiger partial charge in [0.05, 0.1) is 6.26 Å². The largest absolute Gasteiger partial charge is 0.465 e. The van der Waals surface area contributed by atoms with Crippen molar-refractivity contribution in [2.75, 3.05) is 13.1 Å². The minimum Gasteiger partial charge on any atom is -0.465 e. The van der Waals surface area contributed by atoms with Crippen molar-refractivity contribution in [2.45, 2.75) is 19.3 Å². The van der Waals surface area contributed by atoms with Crippen molar-refractivity contribution in [1.29, 1.82) is 0 Å². The summed E-state index contributed by atoms with van der Waals surface area (Å²) in [4.78, 5) is 26.9. The third-order valence-electron chi connectivity index (χ3n) is 4.19. The normalized spacial score (nSPS) is 15.2. The van der Waals surface area contributed by atoms with Crippen LogP contribution in [0.4, 0.5) is 0 Å².